The summed E-state index contributed by atoms with van der Waals surface area (Å²) in [7, 11) is 0. The first-order valence-corrected chi connectivity index (χ1v) is 5.57. The van der Waals surface area contributed by atoms with E-state index in [0.717, 1.165) is 4.90 Å². The number of carbonyl (C=O) groups is 2. The van der Waals surface area contributed by atoms with Crippen LogP contribution in [-0.2, 0) is 4.79 Å². The van der Waals surface area contributed by atoms with Crippen LogP contribution in [0.1, 0.15) is 27.2 Å². The zero-order valence-corrected chi connectivity index (χ0v) is 10.0. The SMILES string of the molecule is CC(C)(C)[C@@]12C[C@H](C(=O)N1C(=O)O)[C@@H](O)[C@H]2O. The summed E-state index contributed by atoms with van der Waals surface area (Å²) >= 11 is 0. The van der Waals surface area contributed by atoms with Crippen molar-refractivity contribution in [2.24, 2.45) is 11.3 Å². The topological polar surface area (TPSA) is 98.1 Å². The number of carbonyl (C=O) groups excluding carboxylic acids is 1. The van der Waals surface area contributed by atoms with Gasteiger partial charge in [-0.1, -0.05) is 20.8 Å². The van der Waals surface area contributed by atoms with Crippen LogP contribution in [0.2, 0.25) is 0 Å². The smallest absolute Gasteiger partial charge is 0.414 e. The molecule has 96 valence electrons. The maximum Gasteiger partial charge on any atom is 0.414 e. The molecule has 1 aliphatic carbocycles. The third-order valence-electron chi connectivity index (χ3n) is 4.18. The van der Waals surface area contributed by atoms with Crippen LogP contribution in [0.4, 0.5) is 4.79 Å². The fourth-order valence-electron chi connectivity index (χ4n) is 3.25. The zero-order chi connectivity index (χ0) is 13.2. The molecule has 0 radical (unpaired) electrons. The monoisotopic (exact) mass is 243 g/mol. The average Bonchev–Trinajstić information content (AvgIpc) is 2.60. The molecule has 3 N–H and O–H groups in total. The number of likely N-dealkylation sites (tertiary alicyclic amines) is 1. The standard InChI is InChI=1S/C11H17NO5/c1-10(2,3)11-4-5(6(13)7(11)14)8(15)12(11)9(16)17/h5-7,13-14H,4H2,1-3H3,(H,16,17)/t5-,6+,7+,11-/m0/s1. The molecule has 1 heterocycles. The van der Waals surface area contributed by atoms with E-state index in [2.05, 4.69) is 0 Å². The van der Waals surface area contributed by atoms with Crippen LogP contribution < -0.4 is 0 Å². The van der Waals surface area contributed by atoms with Gasteiger partial charge in [-0.2, -0.15) is 0 Å². The van der Waals surface area contributed by atoms with E-state index >= 15 is 0 Å². The fourth-order valence-corrected chi connectivity index (χ4v) is 3.25. The van der Waals surface area contributed by atoms with Crippen molar-refractivity contribution in [3.63, 3.8) is 0 Å². The number of imide groups is 1. The number of nitrogens with zero attached hydrogens (tertiary/aromatic N) is 1. The lowest BCUT2D eigenvalue weighted by atomic mass is 9.70. The molecule has 0 aromatic heterocycles. The third kappa shape index (κ3) is 1.22. The van der Waals surface area contributed by atoms with Gasteiger partial charge < -0.3 is 15.3 Å². The molecular formula is C11H17NO5. The Hall–Kier alpha value is -1.14. The van der Waals surface area contributed by atoms with Gasteiger partial charge in [0.25, 0.3) is 0 Å². The minimum atomic E-state index is -1.36. The summed E-state index contributed by atoms with van der Waals surface area (Å²) in [5.41, 5.74) is -1.85. The van der Waals surface area contributed by atoms with Crippen LogP contribution in [-0.4, -0.2) is 50.0 Å². The van der Waals surface area contributed by atoms with Crippen LogP contribution in [0.25, 0.3) is 0 Å². The number of aliphatic hydroxyl groups is 2. The summed E-state index contributed by atoms with van der Waals surface area (Å²) in [4.78, 5) is 23.8. The molecule has 0 aromatic rings. The number of hydrogen-bond acceptors (Lipinski definition) is 4. The molecule has 1 saturated heterocycles. The lowest BCUT2D eigenvalue weighted by Gasteiger charge is -2.48. The highest BCUT2D eigenvalue weighted by atomic mass is 16.4. The van der Waals surface area contributed by atoms with Gasteiger partial charge in [0.2, 0.25) is 5.91 Å². The minimum absolute atomic E-state index is 0.184. The molecule has 6 heteroatoms. The molecule has 0 aromatic carbocycles. The summed E-state index contributed by atoms with van der Waals surface area (Å²) in [5.74, 6) is -1.41. The molecule has 0 unspecified atom stereocenters. The maximum absolute atomic E-state index is 11.9. The number of hydrogen-bond donors (Lipinski definition) is 3. The second kappa shape index (κ2) is 3.20. The fraction of sp³-hybridized carbons (Fsp3) is 0.818. The quantitative estimate of drug-likeness (QED) is 0.557. The zero-order valence-electron chi connectivity index (χ0n) is 10.0. The predicted octanol–water partition coefficient (Wildman–Crippen LogP) is 0.0332. The molecule has 17 heavy (non-hydrogen) atoms. The number of amides is 2. The summed E-state index contributed by atoms with van der Waals surface area (Å²) < 4.78 is 0. The third-order valence-corrected chi connectivity index (χ3v) is 4.18. The Morgan fingerprint density at radius 2 is 1.94 bits per heavy atom. The van der Waals surface area contributed by atoms with E-state index in [1.807, 2.05) is 0 Å². The Bertz CT molecular complexity index is 388. The number of carboxylic acid groups (broad SMARTS) is 1. The van der Waals surface area contributed by atoms with E-state index in [0.29, 0.717) is 0 Å². The first-order chi connectivity index (χ1) is 7.64. The highest BCUT2D eigenvalue weighted by Gasteiger charge is 2.71. The summed E-state index contributed by atoms with van der Waals surface area (Å²) in [5, 5.41) is 29.1. The summed E-state index contributed by atoms with van der Waals surface area (Å²) in [6.45, 7) is 5.29. The van der Waals surface area contributed by atoms with Crippen LogP contribution in [0.3, 0.4) is 0 Å². The molecule has 1 saturated carbocycles. The predicted molar refractivity (Wildman–Crippen MR) is 57.2 cm³/mol. The van der Waals surface area contributed by atoms with Crippen LogP contribution >= 0.6 is 0 Å². The molecule has 2 fully saturated rings. The molecule has 2 amide bonds. The van der Waals surface area contributed by atoms with E-state index < -0.39 is 41.1 Å². The molecule has 4 atom stereocenters. The van der Waals surface area contributed by atoms with E-state index in [-0.39, 0.29) is 6.42 Å². The number of aliphatic hydroxyl groups excluding tert-OH is 2. The number of rotatable bonds is 0. The van der Waals surface area contributed by atoms with Gasteiger partial charge >= 0.3 is 6.09 Å². The van der Waals surface area contributed by atoms with Crippen molar-refractivity contribution in [2.45, 2.75) is 44.9 Å². The molecule has 2 aliphatic rings. The highest BCUT2D eigenvalue weighted by Crippen LogP contribution is 2.55. The van der Waals surface area contributed by atoms with Gasteiger partial charge in [0.05, 0.1) is 17.6 Å². The molecule has 2 bridgehead atoms. The Kier molecular flexibility index (Phi) is 2.32. The van der Waals surface area contributed by atoms with Crippen molar-refractivity contribution in [1.82, 2.24) is 4.90 Å². The van der Waals surface area contributed by atoms with E-state index in [1.165, 1.54) is 0 Å². The summed E-state index contributed by atoms with van der Waals surface area (Å²) in [6, 6.07) is 0. The van der Waals surface area contributed by atoms with Crippen molar-refractivity contribution < 1.29 is 24.9 Å². The van der Waals surface area contributed by atoms with Gasteiger partial charge in [0, 0.05) is 0 Å². The van der Waals surface area contributed by atoms with Crippen molar-refractivity contribution in [1.29, 1.82) is 0 Å². The Labute approximate surface area is 98.8 Å². The van der Waals surface area contributed by atoms with Crippen LogP contribution in [0.15, 0.2) is 0 Å². The van der Waals surface area contributed by atoms with Gasteiger partial charge in [-0.05, 0) is 11.8 Å². The Balaban J connectivity index is 2.58. The molecule has 1 aliphatic heterocycles. The summed E-state index contributed by atoms with van der Waals surface area (Å²) in [6.07, 6.45) is -3.57. The Morgan fingerprint density at radius 1 is 1.41 bits per heavy atom. The number of fused-ring (bicyclic) bond motifs is 2. The largest absolute Gasteiger partial charge is 0.465 e. The van der Waals surface area contributed by atoms with Gasteiger partial charge in [-0.25, -0.2) is 9.69 Å². The van der Waals surface area contributed by atoms with Crippen LogP contribution in [0, 0.1) is 11.3 Å². The van der Waals surface area contributed by atoms with Crippen LogP contribution in [0.5, 0.6) is 0 Å². The molecule has 2 rings (SSSR count). The lowest BCUT2D eigenvalue weighted by molar-refractivity contribution is -0.158. The van der Waals surface area contributed by atoms with Gasteiger partial charge in [0.1, 0.15) is 6.10 Å². The van der Waals surface area contributed by atoms with Crippen molar-refractivity contribution >= 4 is 12.0 Å². The first kappa shape index (κ1) is 12.3. The minimum Gasteiger partial charge on any atom is -0.465 e. The van der Waals surface area contributed by atoms with E-state index in [4.69, 9.17) is 5.11 Å². The van der Waals surface area contributed by atoms with Gasteiger partial charge in [0.15, 0.2) is 0 Å². The van der Waals surface area contributed by atoms with Gasteiger partial charge in [-0.15, -0.1) is 0 Å². The normalized spacial score (nSPS) is 41.1. The molecule has 0 spiro atoms. The van der Waals surface area contributed by atoms with Gasteiger partial charge in [-0.3, -0.25) is 4.79 Å². The second-order valence-corrected chi connectivity index (χ2v) is 5.88. The van der Waals surface area contributed by atoms with E-state index in [9.17, 15) is 19.8 Å². The van der Waals surface area contributed by atoms with Crippen molar-refractivity contribution in [3.8, 4) is 0 Å². The second-order valence-electron chi connectivity index (χ2n) is 5.88. The molecular weight excluding hydrogens is 226 g/mol. The highest BCUT2D eigenvalue weighted by molar-refractivity contribution is 5.97. The van der Waals surface area contributed by atoms with Crippen molar-refractivity contribution in [3.05, 3.63) is 0 Å². The Morgan fingerprint density at radius 3 is 2.35 bits per heavy atom. The molecule has 6 nitrogen and oxygen atoms in total. The first-order valence-electron chi connectivity index (χ1n) is 5.57. The average molecular weight is 243 g/mol. The lowest BCUT2D eigenvalue weighted by Crippen LogP contribution is -2.66. The number of piperidine rings is 1. The van der Waals surface area contributed by atoms with E-state index in [1.54, 1.807) is 20.8 Å². The van der Waals surface area contributed by atoms with Crippen molar-refractivity contribution in [2.75, 3.05) is 0 Å². The maximum atomic E-state index is 11.9.